The smallest absolute Gasteiger partial charge is 0.243 e. The lowest BCUT2D eigenvalue weighted by molar-refractivity contribution is -0.126. The number of hydrogen-bond donors (Lipinski definition) is 3. The van der Waals surface area contributed by atoms with Gasteiger partial charge >= 0.3 is 0 Å². The predicted molar refractivity (Wildman–Crippen MR) is 77.3 cm³/mol. The second-order valence-electron chi connectivity index (χ2n) is 4.38. The first-order chi connectivity index (χ1) is 9.56. The van der Waals surface area contributed by atoms with E-state index in [0.717, 1.165) is 12.0 Å². The number of nitrogens with one attached hydrogen (secondary N) is 2. The van der Waals surface area contributed by atoms with Gasteiger partial charge in [-0.25, -0.2) is 0 Å². The van der Waals surface area contributed by atoms with Gasteiger partial charge in [0.05, 0.1) is 13.2 Å². The van der Waals surface area contributed by atoms with Gasteiger partial charge in [-0.05, 0) is 24.1 Å². The standard InChI is InChI=1S/C14H21N3O3/c1-3-10-5-4-6-11(7-10)17-13(18)8-16-14(19)12(15)9-20-2/h4-7,12H,3,8-9,15H2,1-2H3,(H,16,19)(H,17,18). The van der Waals surface area contributed by atoms with Crippen LogP contribution in [0.5, 0.6) is 0 Å². The van der Waals surface area contributed by atoms with Crippen LogP contribution in [-0.4, -0.2) is 38.1 Å². The molecule has 110 valence electrons. The molecule has 0 aliphatic heterocycles. The lowest BCUT2D eigenvalue weighted by Crippen LogP contribution is -2.45. The summed E-state index contributed by atoms with van der Waals surface area (Å²) in [7, 11) is 1.46. The van der Waals surface area contributed by atoms with Crippen LogP contribution in [0.15, 0.2) is 24.3 Å². The summed E-state index contributed by atoms with van der Waals surface area (Å²) in [5.41, 5.74) is 7.38. The quantitative estimate of drug-likeness (QED) is 0.668. The van der Waals surface area contributed by atoms with Crippen LogP contribution in [0.2, 0.25) is 0 Å². The summed E-state index contributed by atoms with van der Waals surface area (Å²) in [5, 5.41) is 5.18. The van der Waals surface area contributed by atoms with E-state index in [1.54, 1.807) is 6.07 Å². The molecule has 1 unspecified atom stereocenters. The molecule has 0 saturated carbocycles. The fourth-order valence-electron chi connectivity index (χ4n) is 1.63. The summed E-state index contributed by atoms with van der Waals surface area (Å²) in [6.07, 6.45) is 0.895. The van der Waals surface area contributed by atoms with E-state index in [2.05, 4.69) is 10.6 Å². The van der Waals surface area contributed by atoms with E-state index in [0.29, 0.717) is 5.69 Å². The fourth-order valence-corrected chi connectivity index (χ4v) is 1.63. The number of amides is 2. The van der Waals surface area contributed by atoms with Crippen LogP contribution >= 0.6 is 0 Å². The number of hydrogen-bond acceptors (Lipinski definition) is 4. The third-order valence-corrected chi connectivity index (χ3v) is 2.73. The Balaban J connectivity index is 2.41. The summed E-state index contributed by atoms with van der Waals surface area (Å²) >= 11 is 0. The Bertz CT molecular complexity index is 463. The molecule has 0 heterocycles. The van der Waals surface area contributed by atoms with Gasteiger partial charge in [-0.3, -0.25) is 9.59 Å². The Kier molecular flexibility index (Phi) is 6.69. The Hall–Kier alpha value is -1.92. The SMILES string of the molecule is CCc1cccc(NC(=O)CNC(=O)C(N)COC)c1. The first kappa shape index (κ1) is 16.1. The van der Waals surface area contributed by atoms with Gasteiger partial charge in [-0.15, -0.1) is 0 Å². The second-order valence-corrected chi connectivity index (χ2v) is 4.38. The lowest BCUT2D eigenvalue weighted by Gasteiger charge is -2.11. The van der Waals surface area contributed by atoms with E-state index in [4.69, 9.17) is 10.5 Å². The number of carbonyl (C=O) groups is 2. The van der Waals surface area contributed by atoms with Gasteiger partial charge in [0.2, 0.25) is 11.8 Å². The molecule has 6 nitrogen and oxygen atoms in total. The van der Waals surface area contributed by atoms with Gasteiger partial charge in [-0.2, -0.15) is 0 Å². The second kappa shape index (κ2) is 8.29. The van der Waals surface area contributed by atoms with Crippen LogP contribution in [0, 0.1) is 0 Å². The van der Waals surface area contributed by atoms with Crippen molar-refractivity contribution in [3.05, 3.63) is 29.8 Å². The van der Waals surface area contributed by atoms with Gasteiger partial charge in [0.15, 0.2) is 0 Å². The maximum atomic E-state index is 11.7. The topological polar surface area (TPSA) is 93.5 Å². The number of carbonyl (C=O) groups excluding carboxylic acids is 2. The molecular formula is C14H21N3O3. The van der Waals surface area contributed by atoms with Crippen molar-refractivity contribution in [3.63, 3.8) is 0 Å². The third-order valence-electron chi connectivity index (χ3n) is 2.73. The molecule has 0 aromatic heterocycles. The minimum Gasteiger partial charge on any atom is -0.383 e. The largest absolute Gasteiger partial charge is 0.383 e. The van der Waals surface area contributed by atoms with Crippen molar-refractivity contribution in [2.24, 2.45) is 5.73 Å². The number of methoxy groups -OCH3 is 1. The number of nitrogens with two attached hydrogens (primary N) is 1. The number of ether oxygens (including phenoxy) is 1. The summed E-state index contributed by atoms with van der Waals surface area (Å²) < 4.78 is 4.77. The molecule has 0 fully saturated rings. The summed E-state index contributed by atoms with van der Waals surface area (Å²) in [4.78, 5) is 23.2. The van der Waals surface area contributed by atoms with Gasteiger partial charge in [0.25, 0.3) is 0 Å². The molecule has 4 N–H and O–H groups in total. The third kappa shape index (κ3) is 5.38. The van der Waals surface area contributed by atoms with Crippen LogP contribution < -0.4 is 16.4 Å². The monoisotopic (exact) mass is 279 g/mol. The van der Waals surface area contributed by atoms with Crippen molar-refractivity contribution in [3.8, 4) is 0 Å². The van der Waals surface area contributed by atoms with E-state index in [-0.39, 0.29) is 19.1 Å². The molecule has 0 radical (unpaired) electrons. The van der Waals surface area contributed by atoms with Crippen LogP contribution in [0.4, 0.5) is 5.69 Å². The number of anilines is 1. The first-order valence-corrected chi connectivity index (χ1v) is 6.47. The average Bonchev–Trinajstić information content (AvgIpc) is 2.45. The van der Waals surface area contributed by atoms with Gasteiger partial charge in [-0.1, -0.05) is 19.1 Å². The Morgan fingerprint density at radius 3 is 2.80 bits per heavy atom. The van der Waals surface area contributed by atoms with E-state index in [9.17, 15) is 9.59 Å². The highest BCUT2D eigenvalue weighted by Gasteiger charge is 2.13. The lowest BCUT2D eigenvalue weighted by atomic mass is 10.1. The molecule has 0 aliphatic rings. The van der Waals surface area contributed by atoms with Gasteiger partial charge < -0.3 is 21.1 Å². The molecule has 0 saturated heterocycles. The molecule has 6 heteroatoms. The van der Waals surface area contributed by atoms with Crippen molar-refractivity contribution in [1.82, 2.24) is 5.32 Å². The molecule has 2 amide bonds. The van der Waals surface area contributed by atoms with Crippen LogP contribution in [0.1, 0.15) is 12.5 Å². The van der Waals surface area contributed by atoms with Crippen molar-refractivity contribution in [2.45, 2.75) is 19.4 Å². The van der Waals surface area contributed by atoms with Crippen LogP contribution in [0.3, 0.4) is 0 Å². The number of aryl methyl sites for hydroxylation is 1. The number of rotatable bonds is 7. The molecule has 1 rings (SSSR count). The van der Waals surface area contributed by atoms with E-state index < -0.39 is 11.9 Å². The molecule has 0 bridgehead atoms. The molecule has 0 spiro atoms. The Morgan fingerprint density at radius 2 is 2.15 bits per heavy atom. The van der Waals surface area contributed by atoms with Crippen LogP contribution in [-0.2, 0) is 20.7 Å². The van der Waals surface area contributed by atoms with Crippen molar-refractivity contribution in [2.75, 3.05) is 25.6 Å². The molecular weight excluding hydrogens is 258 g/mol. The summed E-state index contributed by atoms with van der Waals surface area (Å²) in [6, 6.07) is 6.80. The van der Waals surface area contributed by atoms with Crippen molar-refractivity contribution in [1.29, 1.82) is 0 Å². The zero-order valence-electron chi connectivity index (χ0n) is 11.8. The van der Waals surface area contributed by atoms with Gasteiger partial charge in [0, 0.05) is 12.8 Å². The zero-order valence-corrected chi connectivity index (χ0v) is 11.8. The number of benzene rings is 1. The minimum atomic E-state index is -0.767. The maximum absolute atomic E-state index is 11.7. The fraction of sp³-hybridized carbons (Fsp3) is 0.429. The van der Waals surface area contributed by atoms with E-state index >= 15 is 0 Å². The van der Waals surface area contributed by atoms with Crippen LogP contribution in [0.25, 0.3) is 0 Å². The van der Waals surface area contributed by atoms with E-state index in [1.807, 2.05) is 25.1 Å². The van der Waals surface area contributed by atoms with Crippen molar-refractivity contribution < 1.29 is 14.3 Å². The molecule has 1 aromatic rings. The predicted octanol–water partition coefficient (Wildman–Crippen LogP) is 0.277. The summed E-state index contributed by atoms with van der Waals surface area (Å²) in [6.45, 7) is 2.04. The average molecular weight is 279 g/mol. The molecule has 1 aromatic carbocycles. The maximum Gasteiger partial charge on any atom is 0.243 e. The normalized spacial score (nSPS) is 11.8. The Morgan fingerprint density at radius 1 is 1.40 bits per heavy atom. The Labute approximate surface area is 118 Å². The summed E-state index contributed by atoms with van der Waals surface area (Å²) in [5.74, 6) is -0.708. The molecule has 0 aliphatic carbocycles. The zero-order chi connectivity index (χ0) is 15.0. The van der Waals surface area contributed by atoms with Gasteiger partial charge in [0.1, 0.15) is 6.04 Å². The first-order valence-electron chi connectivity index (χ1n) is 6.47. The van der Waals surface area contributed by atoms with E-state index in [1.165, 1.54) is 7.11 Å². The molecule has 1 atom stereocenters. The molecule has 20 heavy (non-hydrogen) atoms. The highest BCUT2D eigenvalue weighted by Crippen LogP contribution is 2.10. The highest BCUT2D eigenvalue weighted by molar-refractivity contribution is 5.95. The van der Waals surface area contributed by atoms with Crippen molar-refractivity contribution >= 4 is 17.5 Å². The minimum absolute atomic E-state index is 0.117. The highest BCUT2D eigenvalue weighted by atomic mass is 16.5.